The van der Waals surface area contributed by atoms with Gasteiger partial charge < -0.3 is 10.1 Å². The first-order valence-electron chi connectivity index (χ1n) is 11.6. The third kappa shape index (κ3) is 7.71. The summed E-state index contributed by atoms with van der Waals surface area (Å²) in [6, 6.07) is 23.2. The van der Waals surface area contributed by atoms with Crippen LogP contribution in [0, 0.1) is 13.8 Å². The summed E-state index contributed by atoms with van der Waals surface area (Å²) in [5, 5.41) is 2.80. The van der Waals surface area contributed by atoms with Gasteiger partial charge in [-0.05, 0) is 55.2 Å². The number of carbonyl (C=O) groups excluding carboxylic acids is 3. The highest BCUT2D eigenvalue weighted by molar-refractivity contribution is 5.94. The van der Waals surface area contributed by atoms with Crippen molar-refractivity contribution in [3.8, 4) is 16.9 Å². The van der Waals surface area contributed by atoms with E-state index >= 15 is 0 Å². The fourth-order valence-corrected chi connectivity index (χ4v) is 3.51. The molecule has 1 unspecified atom stereocenters. The van der Waals surface area contributed by atoms with Gasteiger partial charge in [-0.15, -0.1) is 0 Å². The van der Waals surface area contributed by atoms with Gasteiger partial charge in [0.25, 0.3) is 5.91 Å². The molecule has 3 aromatic carbocycles. The van der Waals surface area contributed by atoms with E-state index < -0.39 is 17.9 Å². The van der Waals surface area contributed by atoms with Gasteiger partial charge in [-0.25, -0.2) is 0 Å². The van der Waals surface area contributed by atoms with E-state index in [1.807, 2.05) is 93.6 Å². The SMILES string of the molecule is CCC(Oc1ccc(-c2ccccc2)cc1)C(=O)NNC(=O)CCC(=O)Nc1ccc(C)cc1C. The number of hydrogen-bond donors (Lipinski definition) is 3. The zero-order valence-electron chi connectivity index (χ0n) is 20.3. The summed E-state index contributed by atoms with van der Waals surface area (Å²) in [4.78, 5) is 36.8. The molecule has 3 amide bonds. The van der Waals surface area contributed by atoms with Crippen LogP contribution in [-0.2, 0) is 14.4 Å². The summed E-state index contributed by atoms with van der Waals surface area (Å²) < 4.78 is 5.81. The zero-order valence-corrected chi connectivity index (χ0v) is 20.3. The fourth-order valence-electron chi connectivity index (χ4n) is 3.51. The zero-order chi connectivity index (χ0) is 25.2. The number of aryl methyl sites for hydroxylation is 2. The van der Waals surface area contributed by atoms with E-state index in [9.17, 15) is 14.4 Å². The van der Waals surface area contributed by atoms with Crippen LogP contribution in [-0.4, -0.2) is 23.8 Å². The smallest absolute Gasteiger partial charge is 0.279 e. The largest absolute Gasteiger partial charge is 0.481 e. The lowest BCUT2D eigenvalue weighted by molar-refractivity contribution is -0.133. The fraction of sp³-hybridized carbons (Fsp3) is 0.250. The summed E-state index contributed by atoms with van der Waals surface area (Å²) in [5.41, 5.74) is 9.65. The van der Waals surface area contributed by atoms with Crippen LogP contribution < -0.4 is 20.9 Å². The maximum absolute atomic E-state index is 12.5. The summed E-state index contributed by atoms with van der Waals surface area (Å²) in [6.45, 7) is 5.71. The molecule has 0 aliphatic rings. The highest BCUT2D eigenvalue weighted by Crippen LogP contribution is 2.23. The van der Waals surface area contributed by atoms with E-state index in [1.54, 1.807) is 0 Å². The molecule has 35 heavy (non-hydrogen) atoms. The van der Waals surface area contributed by atoms with Crippen molar-refractivity contribution in [3.05, 3.63) is 83.9 Å². The molecule has 3 rings (SSSR count). The Bertz CT molecular complexity index is 1160. The number of hydrazine groups is 1. The Kier molecular flexibility index (Phi) is 9.01. The lowest BCUT2D eigenvalue weighted by atomic mass is 10.1. The number of carbonyl (C=O) groups is 3. The predicted octanol–water partition coefficient (Wildman–Crippen LogP) is 4.69. The summed E-state index contributed by atoms with van der Waals surface area (Å²) in [5.74, 6) is -0.642. The predicted molar refractivity (Wildman–Crippen MR) is 137 cm³/mol. The van der Waals surface area contributed by atoms with Gasteiger partial charge in [0.2, 0.25) is 11.8 Å². The van der Waals surface area contributed by atoms with Crippen LogP contribution in [0.2, 0.25) is 0 Å². The van der Waals surface area contributed by atoms with Crippen molar-refractivity contribution < 1.29 is 19.1 Å². The molecule has 0 bridgehead atoms. The molecular weight excluding hydrogens is 442 g/mol. The van der Waals surface area contributed by atoms with Gasteiger partial charge >= 0.3 is 0 Å². The molecule has 0 spiro atoms. The van der Waals surface area contributed by atoms with Crippen LogP contribution in [0.5, 0.6) is 5.75 Å². The maximum atomic E-state index is 12.5. The maximum Gasteiger partial charge on any atom is 0.279 e. The molecule has 3 aromatic rings. The van der Waals surface area contributed by atoms with Crippen molar-refractivity contribution in [2.45, 2.75) is 46.1 Å². The Hall–Kier alpha value is -4.13. The van der Waals surface area contributed by atoms with Crippen LogP contribution in [0.25, 0.3) is 11.1 Å². The second kappa shape index (κ2) is 12.4. The number of ether oxygens (including phenoxy) is 1. The average Bonchev–Trinajstić information content (AvgIpc) is 2.87. The first kappa shape index (κ1) is 25.5. The molecular formula is C28H31N3O4. The Morgan fingerprint density at radius 3 is 2.11 bits per heavy atom. The number of benzene rings is 3. The van der Waals surface area contributed by atoms with Gasteiger partial charge in [-0.1, -0.05) is 67.1 Å². The Labute approximate surface area is 205 Å². The molecule has 182 valence electrons. The second-order valence-electron chi connectivity index (χ2n) is 8.31. The molecule has 0 radical (unpaired) electrons. The van der Waals surface area contributed by atoms with Crippen LogP contribution in [0.1, 0.15) is 37.3 Å². The van der Waals surface area contributed by atoms with E-state index in [2.05, 4.69) is 16.2 Å². The molecule has 0 aromatic heterocycles. The van der Waals surface area contributed by atoms with E-state index in [0.717, 1.165) is 22.3 Å². The van der Waals surface area contributed by atoms with Crippen molar-refractivity contribution in [2.24, 2.45) is 0 Å². The normalized spacial score (nSPS) is 11.3. The highest BCUT2D eigenvalue weighted by atomic mass is 16.5. The Morgan fingerprint density at radius 2 is 1.46 bits per heavy atom. The van der Waals surface area contributed by atoms with Crippen molar-refractivity contribution in [2.75, 3.05) is 5.32 Å². The van der Waals surface area contributed by atoms with Crippen molar-refractivity contribution in [1.82, 2.24) is 10.9 Å². The second-order valence-corrected chi connectivity index (χ2v) is 8.31. The first-order chi connectivity index (χ1) is 16.9. The summed E-state index contributed by atoms with van der Waals surface area (Å²) >= 11 is 0. The van der Waals surface area contributed by atoms with Crippen LogP contribution in [0.3, 0.4) is 0 Å². The van der Waals surface area contributed by atoms with Crippen molar-refractivity contribution in [1.29, 1.82) is 0 Å². The quantitative estimate of drug-likeness (QED) is 0.393. The summed E-state index contributed by atoms with van der Waals surface area (Å²) in [7, 11) is 0. The average molecular weight is 474 g/mol. The standard InChI is InChI=1S/C28H31N3O4/c1-4-25(35-23-13-11-22(12-14-23)21-8-6-5-7-9-21)28(34)31-30-27(33)17-16-26(32)29-24-15-10-19(2)18-20(24)3/h5-15,18,25H,4,16-17H2,1-3H3,(H,29,32)(H,30,33)(H,31,34). The molecule has 0 aliphatic heterocycles. The molecule has 0 heterocycles. The molecule has 7 heteroatoms. The minimum Gasteiger partial charge on any atom is -0.481 e. The van der Waals surface area contributed by atoms with Gasteiger partial charge in [0, 0.05) is 18.5 Å². The molecule has 0 saturated heterocycles. The van der Waals surface area contributed by atoms with Crippen molar-refractivity contribution in [3.63, 3.8) is 0 Å². The molecule has 3 N–H and O–H groups in total. The number of amides is 3. The number of hydrogen-bond acceptors (Lipinski definition) is 4. The van der Waals surface area contributed by atoms with Crippen molar-refractivity contribution >= 4 is 23.4 Å². The van der Waals surface area contributed by atoms with E-state index in [1.165, 1.54) is 0 Å². The van der Waals surface area contributed by atoms with E-state index in [-0.39, 0.29) is 18.7 Å². The lowest BCUT2D eigenvalue weighted by Crippen LogP contribution is -2.48. The molecule has 7 nitrogen and oxygen atoms in total. The summed E-state index contributed by atoms with van der Waals surface area (Å²) in [6.07, 6.45) is -0.419. The molecule has 1 atom stereocenters. The lowest BCUT2D eigenvalue weighted by Gasteiger charge is -2.18. The van der Waals surface area contributed by atoms with Gasteiger partial charge in [0.1, 0.15) is 5.75 Å². The van der Waals surface area contributed by atoms with Crippen LogP contribution >= 0.6 is 0 Å². The topological polar surface area (TPSA) is 96.5 Å². The number of nitrogens with one attached hydrogen (secondary N) is 3. The minimum absolute atomic E-state index is 0.00348. The highest BCUT2D eigenvalue weighted by Gasteiger charge is 2.19. The van der Waals surface area contributed by atoms with Crippen LogP contribution in [0.15, 0.2) is 72.8 Å². The number of rotatable bonds is 9. The third-order valence-electron chi connectivity index (χ3n) is 5.46. The van der Waals surface area contributed by atoms with Crippen LogP contribution in [0.4, 0.5) is 5.69 Å². The van der Waals surface area contributed by atoms with E-state index in [0.29, 0.717) is 17.9 Å². The number of anilines is 1. The Morgan fingerprint density at radius 1 is 0.800 bits per heavy atom. The monoisotopic (exact) mass is 473 g/mol. The first-order valence-corrected chi connectivity index (χ1v) is 11.6. The molecule has 0 saturated carbocycles. The third-order valence-corrected chi connectivity index (χ3v) is 5.46. The van der Waals surface area contributed by atoms with Gasteiger partial charge in [0.05, 0.1) is 0 Å². The minimum atomic E-state index is -0.773. The molecule has 0 fully saturated rings. The Balaban J connectivity index is 1.43. The van der Waals surface area contributed by atoms with E-state index in [4.69, 9.17) is 4.74 Å². The van der Waals surface area contributed by atoms with Gasteiger partial charge in [0.15, 0.2) is 6.10 Å². The molecule has 0 aliphatic carbocycles. The van der Waals surface area contributed by atoms with Gasteiger partial charge in [-0.3, -0.25) is 25.2 Å². The van der Waals surface area contributed by atoms with Gasteiger partial charge in [-0.2, -0.15) is 0 Å².